The van der Waals surface area contributed by atoms with Crippen molar-refractivity contribution < 1.29 is 9.90 Å². The summed E-state index contributed by atoms with van der Waals surface area (Å²) in [6.45, 7) is 1.98. The van der Waals surface area contributed by atoms with Crippen LogP contribution in [0.5, 0.6) is 0 Å². The first-order valence-corrected chi connectivity index (χ1v) is 4.93. The van der Waals surface area contributed by atoms with Gasteiger partial charge in [-0.2, -0.15) is 0 Å². The maximum absolute atomic E-state index is 10.5. The van der Waals surface area contributed by atoms with Crippen molar-refractivity contribution in [2.45, 2.75) is 25.8 Å². The first kappa shape index (κ1) is 12.1. The second kappa shape index (κ2) is 5.78. The van der Waals surface area contributed by atoms with Crippen LogP contribution in [0.4, 0.5) is 0 Å². The number of aryl methyl sites for hydroxylation is 1. The van der Waals surface area contributed by atoms with Crippen molar-refractivity contribution in [3.05, 3.63) is 45.8 Å². The van der Waals surface area contributed by atoms with Crippen molar-refractivity contribution in [1.29, 1.82) is 0 Å². The van der Waals surface area contributed by atoms with Gasteiger partial charge in [0.15, 0.2) is 0 Å². The molecule has 1 N–H and O–H groups in total. The Morgan fingerprint density at radius 3 is 2.62 bits per heavy atom. The number of azide groups is 1. The Kier molecular flexibility index (Phi) is 4.36. The van der Waals surface area contributed by atoms with Gasteiger partial charge in [-0.25, -0.2) is 0 Å². The van der Waals surface area contributed by atoms with Crippen LogP contribution in [0.3, 0.4) is 0 Å². The summed E-state index contributed by atoms with van der Waals surface area (Å²) >= 11 is 0. The number of carbonyl (C=O) groups is 1. The highest BCUT2D eigenvalue weighted by atomic mass is 16.4. The molecule has 0 aliphatic heterocycles. The molecule has 0 aliphatic rings. The van der Waals surface area contributed by atoms with E-state index in [0.717, 1.165) is 11.1 Å². The van der Waals surface area contributed by atoms with E-state index in [1.165, 1.54) is 0 Å². The summed E-state index contributed by atoms with van der Waals surface area (Å²) in [5.74, 6) is -0.954. The topological polar surface area (TPSA) is 86.1 Å². The molecule has 0 heterocycles. The lowest BCUT2D eigenvalue weighted by Crippen LogP contribution is -2.13. The summed E-state index contributed by atoms with van der Waals surface area (Å²) < 4.78 is 0. The lowest BCUT2D eigenvalue weighted by molar-refractivity contribution is -0.137. The van der Waals surface area contributed by atoms with E-state index in [4.69, 9.17) is 10.6 Å². The summed E-state index contributed by atoms with van der Waals surface area (Å²) in [5.41, 5.74) is 10.5. The third-order valence-electron chi connectivity index (χ3n) is 2.22. The fourth-order valence-corrected chi connectivity index (χ4v) is 1.42. The molecule has 84 valence electrons. The number of benzene rings is 1. The van der Waals surface area contributed by atoms with Crippen molar-refractivity contribution in [3.8, 4) is 0 Å². The highest BCUT2D eigenvalue weighted by Gasteiger charge is 2.11. The molecule has 0 aromatic heterocycles. The molecular weight excluding hydrogens is 206 g/mol. The molecule has 1 aromatic rings. The van der Waals surface area contributed by atoms with E-state index in [9.17, 15) is 4.79 Å². The van der Waals surface area contributed by atoms with Crippen LogP contribution in [0.1, 0.15) is 17.5 Å². The Bertz CT molecular complexity index is 408. The Morgan fingerprint density at radius 2 is 2.12 bits per heavy atom. The van der Waals surface area contributed by atoms with E-state index in [2.05, 4.69) is 10.0 Å². The van der Waals surface area contributed by atoms with Gasteiger partial charge in [0.1, 0.15) is 0 Å². The zero-order chi connectivity index (χ0) is 12.0. The highest BCUT2D eigenvalue weighted by molar-refractivity contribution is 5.67. The average molecular weight is 219 g/mol. The standard InChI is InChI=1S/C11H13N3O2/c1-8-2-4-9(5-3-8)6-10(13-14-12)7-11(15)16/h2-5,10H,6-7H2,1H3,(H,15,16). The SMILES string of the molecule is Cc1ccc(CC(CC(=O)O)N=[N+]=[N-])cc1. The molecule has 0 saturated carbocycles. The van der Waals surface area contributed by atoms with Crippen molar-refractivity contribution in [2.75, 3.05) is 0 Å². The molecule has 0 radical (unpaired) electrons. The van der Waals surface area contributed by atoms with Gasteiger partial charge in [-0.1, -0.05) is 34.9 Å². The van der Waals surface area contributed by atoms with Crippen molar-refractivity contribution in [2.24, 2.45) is 5.11 Å². The van der Waals surface area contributed by atoms with Crippen LogP contribution in [0.25, 0.3) is 10.4 Å². The van der Waals surface area contributed by atoms with Crippen molar-refractivity contribution in [1.82, 2.24) is 0 Å². The number of carboxylic acid groups (broad SMARTS) is 1. The molecule has 0 spiro atoms. The molecule has 0 saturated heterocycles. The summed E-state index contributed by atoms with van der Waals surface area (Å²) in [4.78, 5) is 13.2. The lowest BCUT2D eigenvalue weighted by atomic mass is 10.0. The van der Waals surface area contributed by atoms with E-state index < -0.39 is 12.0 Å². The van der Waals surface area contributed by atoms with Crippen LogP contribution in [0.15, 0.2) is 29.4 Å². The van der Waals surface area contributed by atoms with Gasteiger partial charge < -0.3 is 5.11 Å². The van der Waals surface area contributed by atoms with Gasteiger partial charge in [0.05, 0.1) is 12.5 Å². The first-order valence-electron chi connectivity index (χ1n) is 4.93. The van der Waals surface area contributed by atoms with Gasteiger partial charge in [0, 0.05) is 4.91 Å². The van der Waals surface area contributed by atoms with E-state index in [0.29, 0.717) is 6.42 Å². The Morgan fingerprint density at radius 1 is 1.50 bits per heavy atom. The predicted octanol–water partition coefficient (Wildman–Crippen LogP) is 2.69. The number of carboxylic acids is 1. The van der Waals surface area contributed by atoms with Gasteiger partial charge >= 0.3 is 5.97 Å². The van der Waals surface area contributed by atoms with Crippen LogP contribution in [-0.2, 0) is 11.2 Å². The van der Waals surface area contributed by atoms with Crippen LogP contribution < -0.4 is 0 Å². The molecule has 1 atom stereocenters. The van der Waals surface area contributed by atoms with Gasteiger partial charge in [0.25, 0.3) is 0 Å². The van der Waals surface area contributed by atoms with Gasteiger partial charge in [-0.05, 0) is 24.4 Å². The number of aliphatic carboxylic acids is 1. The zero-order valence-electron chi connectivity index (χ0n) is 9.00. The smallest absolute Gasteiger partial charge is 0.303 e. The lowest BCUT2D eigenvalue weighted by Gasteiger charge is -2.08. The summed E-state index contributed by atoms with van der Waals surface area (Å²) in [5, 5.41) is 12.1. The maximum atomic E-state index is 10.5. The van der Waals surface area contributed by atoms with Crippen molar-refractivity contribution in [3.63, 3.8) is 0 Å². The van der Waals surface area contributed by atoms with Gasteiger partial charge in [-0.15, -0.1) is 0 Å². The fraction of sp³-hybridized carbons (Fsp3) is 0.364. The van der Waals surface area contributed by atoms with Gasteiger partial charge in [-0.3, -0.25) is 4.79 Å². The molecule has 0 fully saturated rings. The fourth-order valence-electron chi connectivity index (χ4n) is 1.42. The number of rotatable bonds is 5. The van der Waals surface area contributed by atoms with Crippen LogP contribution in [0.2, 0.25) is 0 Å². The summed E-state index contributed by atoms with van der Waals surface area (Å²) in [6, 6.07) is 7.20. The number of hydrogen-bond donors (Lipinski definition) is 1. The normalized spacial score (nSPS) is 11.6. The van der Waals surface area contributed by atoms with Crippen LogP contribution >= 0.6 is 0 Å². The van der Waals surface area contributed by atoms with Crippen LogP contribution in [0, 0.1) is 6.92 Å². The quantitative estimate of drug-likeness (QED) is 0.469. The monoisotopic (exact) mass is 219 g/mol. The minimum absolute atomic E-state index is 0.141. The van der Waals surface area contributed by atoms with Gasteiger partial charge in [0.2, 0.25) is 0 Å². The molecule has 16 heavy (non-hydrogen) atoms. The zero-order valence-corrected chi connectivity index (χ0v) is 9.00. The minimum atomic E-state index is -0.954. The highest BCUT2D eigenvalue weighted by Crippen LogP contribution is 2.10. The number of hydrogen-bond acceptors (Lipinski definition) is 2. The molecule has 1 unspecified atom stereocenters. The number of nitrogens with zero attached hydrogens (tertiary/aromatic N) is 3. The summed E-state index contributed by atoms with van der Waals surface area (Å²) in [7, 11) is 0. The predicted molar refractivity (Wildman–Crippen MR) is 60.1 cm³/mol. The third kappa shape index (κ3) is 4.02. The van der Waals surface area contributed by atoms with E-state index >= 15 is 0 Å². The Labute approximate surface area is 93.3 Å². The average Bonchev–Trinajstić information content (AvgIpc) is 2.21. The molecule has 0 aliphatic carbocycles. The molecule has 5 heteroatoms. The third-order valence-corrected chi connectivity index (χ3v) is 2.22. The molecule has 0 bridgehead atoms. The molecule has 0 amide bonds. The molecule has 5 nitrogen and oxygen atoms in total. The van der Waals surface area contributed by atoms with E-state index in [1.54, 1.807) is 0 Å². The largest absolute Gasteiger partial charge is 0.481 e. The van der Waals surface area contributed by atoms with E-state index in [-0.39, 0.29) is 6.42 Å². The first-order chi connectivity index (χ1) is 7.61. The Balaban J connectivity index is 2.71. The second-order valence-electron chi connectivity index (χ2n) is 3.65. The van der Waals surface area contributed by atoms with Crippen molar-refractivity contribution >= 4 is 5.97 Å². The van der Waals surface area contributed by atoms with Crippen LogP contribution in [-0.4, -0.2) is 17.1 Å². The Hall–Kier alpha value is -2.00. The molecule has 1 aromatic carbocycles. The van der Waals surface area contributed by atoms with E-state index in [1.807, 2.05) is 31.2 Å². The minimum Gasteiger partial charge on any atom is -0.481 e. The maximum Gasteiger partial charge on any atom is 0.303 e. The molecular formula is C11H13N3O2. The molecule has 1 rings (SSSR count). The second-order valence-corrected chi connectivity index (χ2v) is 3.65. The summed E-state index contributed by atoms with van der Waals surface area (Å²) in [6.07, 6.45) is 0.314.